The fraction of sp³-hybridized carbons (Fsp3) is 0.552. The summed E-state index contributed by atoms with van der Waals surface area (Å²) in [6.45, 7) is 8.30. The molecule has 1 saturated carbocycles. The molecule has 0 radical (unpaired) electrons. The van der Waals surface area contributed by atoms with Crippen molar-refractivity contribution >= 4 is 29.1 Å². The topological polar surface area (TPSA) is 66.8 Å². The van der Waals surface area contributed by atoms with E-state index >= 15 is 0 Å². The molecule has 1 atom stereocenters. The Morgan fingerprint density at radius 2 is 1.94 bits per heavy atom. The van der Waals surface area contributed by atoms with Crippen molar-refractivity contribution in [3.8, 4) is 0 Å². The Balaban J connectivity index is 1.66. The van der Waals surface area contributed by atoms with Crippen LogP contribution < -0.4 is 0 Å². The van der Waals surface area contributed by atoms with Crippen LogP contribution in [0.3, 0.4) is 0 Å². The van der Waals surface area contributed by atoms with Gasteiger partial charge >= 0.3 is 5.97 Å². The minimum absolute atomic E-state index is 0.0239. The fourth-order valence-electron chi connectivity index (χ4n) is 5.52. The molecule has 35 heavy (non-hydrogen) atoms. The van der Waals surface area contributed by atoms with E-state index in [-0.39, 0.29) is 23.7 Å². The third kappa shape index (κ3) is 5.81. The van der Waals surface area contributed by atoms with E-state index in [0.29, 0.717) is 11.3 Å². The van der Waals surface area contributed by atoms with Crippen LogP contribution in [0.1, 0.15) is 88.0 Å². The standard InChI is InChI=1S/C29H38O4S2/c1-19-14-25(23(28(2,3)4)15-21(19)17-30)35-26-24(31)16-29(33-27(26)32,22-8-6-5-7-9-22)12-10-20-11-13-34-18-20/h11,13-15,18,22,30-31H,5-10,12,16-17H2,1-4H3. The molecule has 1 unspecified atom stereocenters. The molecule has 6 heteroatoms. The lowest BCUT2D eigenvalue weighted by atomic mass is 9.71. The highest BCUT2D eigenvalue weighted by atomic mass is 32.2. The molecule has 1 aliphatic carbocycles. The van der Waals surface area contributed by atoms with Crippen molar-refractivity contribution in [1.29, 1.82) is 0 Å². The number of thioether (sulfide) groups is 1. The van der Waals surface area contributed by atoms with Crippen molar-refractivity contribution < 1.29 is 19.7 Å². The number of hydrogen-bond acceptors (Lipinski definition) is 6. The zero-order valence-corrected chi connectivity index (χ0v) is 23.0. The highest BCUT2D eigenvalue weighted by Gasteiger charge is 2.47. The van der Waals surface area contributed by atoms with Gasteiger partial charge < -0.3 is 14.9 Å². The number of aliphatic hydroxyl groups is 2. The first-order chi connectivity index (χ1) is 16.6. The number of benzene rings is 1. The van der Waals surface area contributed by atoms with Crippen LogP contribution >= 0.6 is 23.1 Å². The Labute approximate surface area is 217 Å². The molecule has 1 aromatic carbocycles. The average Bonchev–Trinajstić information content (AvgIpc) is 3.34. The third-order valence-corrected chi connectivity index (χ3v) is 9.50. The number of cyclic esters (lactones) is 1. The van der Waals surface area contributed by atoms with E-state index in [9.17, 15) is 15.0 Å². The monoisotopic (exact) mass is 514 g/mol. The van der Waals surface area contributed by atoms with Crippen LogP contribution in [-0.2, 0) is 28.0 Å². The lowest BCUT2D eigenvalue weighted by Gasteiger charge is -2.44. The largest absolute Gasteiger partial charge is 0.511 e. The van der Waals surface area contributed by atoms with E-state index in [4.69, 9.17) is 4.74 Å². The SMILES string of the molecule is Cc1cc(SC2=C(O)CC(CCc3ccsc3)(C3CCCCC3)OC2=O)c(C(C)(C)C)cc1CO. The van der Waals surface area contributed by atoms with Gasteiger partial charge in [0, 0.05) is 11.3 Å². The minimum Gasteiger partial charge on any atom is -0.511 e. The number of ether oxygens (including phenoxy) is 1. The zero-order valence-electron chi connectivity index (χ0n) is 21.4. The van der Waals surface area contributed by atoms with Gasteiger partial charge in [0.25, 0.3) is 0 Å². The predicted molar refractivity (Wildman–Crippen MR) is 144 cm³/mol. The summed E-state index contributed by atoms with van der Waals surface area (Å²) in [5, 5.41) is 25.3. The van der Waals surface area contributed by atoms with E-state index < -0.39 is 11.6 Å². The number of esters is 1. The first kappa shape index (κ1) is 26.3. The summed E-state index contributed by atoms with van der Waals surface area (Å²) in [5.74, 6) is 0.0352. The van der Waals surface area contributed by atoms with E-state index in [0.717, 1.165) is 60.1 Å². The van der Waals surface area contributed by atoms with Gasteiger partial charge in [0.1, 0.15) is 16.3 Å². The van der Waals surface area contributed by atoms with Crippen molar-refractivity contribution in [1.82, 2.24) is 0 Å². The molecule has 1 aliphatic heterocycles. The Morgan fingerprint density at radius 3 is 2.54 bits per heavy atom. The number of aryl methyl sites for hydroxylation is 2. The molecule has 4 rings (SSSR count). The van der Waals surface area contributed by atoms with Crippen LogP contribution in [0.2, 0.25) is 0 Å². The lowest BCUT2D eigenvalue weighted by molar-refractivity contribution is -0.168. The first-order valence-corrected chi connectivity index (χ1v) is 14.5. The maximum absolute atomic E-state index is 13.5. The van der Waals surface area contributed by atoms with E-state index in [2.05, 4.69) is 37.6 Å². The van der Waals surface area contributed by atoms with Crippen LogP contribution in [0.15, 0.2) is 44.5 Å². The molecule has 4 nitrogen and oxygen atoms in total. The molecule has 2 heterocycles. The average molecular weight is 515 g/mol. The molecule has 0 amide bonds. The van der Waals surface area contributed by atoms with Gasteiger partial charge in [0.05, 0.1) is 6.61 Å². The summed E-state index contributed by atoms with van der Waals surface area (Å²) in [5.41, 5.74) is 3.34. The molecule has 0 saturated heterocycles. The molecular weight excluding hydrogens is 476 g/mol. The second kappa shape index (κ2) is 10.7. The van der Waals surface area contributed by atoms with Crippen molar-refractivity contribution in [2.75, 3.05) is 0 Å². The molecule has 2 aromatic rings. The van der Waals surface area contributed by atoms with Crippen LogP contribution in [0.4, 0.5) is 0 Å². The Kier molecular flexibility index (Phi) is 8.04. The molecule has 1 aromatic heterocycles. The van der Waals surface area contributed by atoms with Crippen molar-refractivity contribution in [3.63, 3.8) is 0 Å². The van der Waals surface area contributed by atoms with Crippen LogP contribution in [-0.4, -0.2) is 21.8 Å². The van der Waals surface area contributed by atoms with Gasteiger partial charge in [-0.2, -0.15) is 11.3 Å². The van der Waals surface area contributed by atoms with Gasteiger partial charge in [-0.15, -0.1) is 0 Å². The molecule has 1 fully saturated rings. The summed E-state index contributed by atoms with van der Waals surface area (Å²) in [6, 6.07) is 6.17. The smallest absolute Gasteiger partial charge is 0.349 e. The number of carbonyl (C=O) groups excluding carboxylic acids is 1. The van der Waals surface area contributed by atoms with Crippen molar-refractivity contribution in [2.24, 2.45) is 5.92 Å². The van der Waals surface area contributed by atoms with Gasteiger partial charge in [-0.05, 0) is 89.1 Å². The van der Waals surface area contributed by atoms with Crippen molar-refractivity contribution in [3.05, 3.63) is 61.9 Å². The Hall–Kier alpha value is -1.76. The highest BCUT2D eigenvalue weighted by molar-refractivity contribution is 8.04. The van der Waals surface area contributed by atoms with Crippen LogP contribution in [0, 0.1) is 12.8 Å². The number of carbonyl (C=O) groups is 1. The summed E-state index contributed by atoms with van der Waals surface area (Å²) < 4.78 is 6.35. The lowest BCUT2D eigenvalue weighted by Crippen LogP contribution is -2.47. The summed E-state index contributed by atoms with van der Waals surface area (Å²) in [6.07, 6.45) is 7.59. The number of aliphatic hydroxyl groups excluding tert-OH is 2. The van der Waals surface area contributed by atoms with Crippen molar-refractivity contribution in [2.45, 2.75) is 102 Å². The van der Waals surface area contributed by atoms with Gasteiger partial charge in [-0.25, -0.2) is 4.79 Å². The number of rotatable bonds is 7. The second-order valence-corrected chi connectivity index (χ2v) is 13.0. The summed E-state index contributed by atoms with van der Waals surface area (Å²) in [7, 11) is 0. The maximum atomic E-state index is 13.5. The summed E-state index contributed by atoms with van der Waals surface area (Å²) in [4.78, 5) is 14.7. The van der Waals surface area contributed by atoms with E-state index in [1.54, 1.807) is 11.3 Å². The predicted octanol–water partition coefficient (Wildman–Crippen LogP) is 7.61. The third-order valence-electron chi connectivity index (χ3n) is 7.60. The minimum atomic E-state index is -0.642. The fourth-order valence-corrected chi connectivity index (χ4v) is 7.47. The first-order valence-electron chi connectivity index (χ1n) is 12.7. The zero-order chi connectivity index (χ0) is 25.2. The Morgan fingerprint density at radius 1 is 1.20 bits per heavy atom. The second-order valence-electron chi connectivity index (χ2n) is 11.2. The Bertz CT molecular complexity index is 1070. The van der Waals surface area contributed by atoms with Gasteiger partial charge in [-0.3, -0.25) is 0 Å². The number of hydrogen-bond donors (Lipinski definition) is 2. The molecule has 0 spiro atoms. The van der Waals surface area contributed by atoms with Crippen LogP contribution in [0.25, 0.3) is 0 Å². The highest BCUT2D eigenvalue weighted by Crippen LogP contribution is 2.48. The summed E-state index contributed by atoms with van der Waals surface area (Å²) >= 11 is 2.99. The molecule has 190 valence electrons. The van der Waals surface area contributed by atoms with Gasteiger partial charge in [0.15, 0.2) is 0 Å². The number of thiophene rings is 1. The maximum Gasteiger partial charge on any atom is 0.349 e. The van der Waals surface area contributed by atoms with Gasteiger partial charge in [0.2, 0.25) is 0 Å². The molecule has 0 bridgehead atoms. The molecular formula is C29H38O4S2. The molecule has 2 aliphatic rings. The molecule has 2 N–H and O–H groups in total. The van der Waals surface area contributed by atoms with Crippen LogP contribution in [0.5, 0.6) is 0 Å². The van der Waals surface area contributed by atoms with E-state index in [1.165, 1.54) is 23.7 Å². The van der Waals surface area contributed by atoms with Gasteiger partial charge in [-0.1, -0.05) is 57.9 Å². The van der Waals surface area contributed by atoms with E-state index in [1.807, 2.05) is 19.1 Å². The quantitative estimate of drug-likeness (QED) is 0.372. The normalized spacial score (nSPS) is 21.9.